The Morgan fingerprint density at radius 3 is 2.56 bits per heavy atom. The zero-order chi connectivity index (χ0) is 19.4. The molecule has 2 fully saturated rings. The average Bonchev–Trinajstić information content (AvgIpc) is 2.86. The Kier molecular flexibility index (Phi) is 6.05. The van der Waals surface area contributed by atoms with Crippen molar-refractivity contribution < 1.29 is 14.7 Å². The first-order valence-electron chi connectivity index (χ1n) is 9.90. The maximum Gasteiger partial charge on any atom is 0.236 e. The minimum atomic E-state index is 0.0612. The average molecular weight is 373 g/mol. The molecule has 2 aliphatic rings. The molecule has 0 radical (unpaired) electrons. The predicted octanol–water partition coefficient (Wildman–Crippen LogP) is 1.87. The third-order valence-corrected chi connectivity index (χ3v) is 6.10. The van der Waals surface area contributed by atoms with Crippen molar-refractivity contribution in [3.8, 4) is 5.75 Å². The van der Waals surface area contributed by atoms with Gasteiger partial charge in [-0.1, -0.05) is 12.1 Å². The van der Waals surface area contributed by atoms with Gasteiger partial charge in [-0.3, -0.25) is 14.5 Å². The number of likely N-dealkylation sites (tertiary alicyclic amines) is 2. The fraction of sp³-hybridized carbons (Fsp3) is 0.619. The zero-order valence-corrected chi connectivity index (χ0v) is 16.5. The third-order valence-electron chi connectivity index (χ3n) is 6.10. The molecule has 2 aliphatic heterocycles. The Balaban J connectivity index is 1.62. The summed E-state index contributed by atoms with van der Waals surface area (Å²) in [7, 11) is 3.61. The SMILES string of the molecule is CN(C)C(=O)CN1CCC[C@]12CCCN(C(=O)Cc1cccc(O)c1)CC2. The van der Waals surface area contributed by atoms with E-state index in [0.29, 0.717) is 13.0 Å². The number of carbonyl (C=O) groups excluding carboxylic acids is 2. The van der Waals surface area contributed by atoms with Gasteiger partial charge in [0.15, 0.2) is 0 Å². The number of aromatic hydroxyl groups is 1. The summed E-state index contributed by atoms with van der Waals surface area (Å²) in [5.74, 6) is 0.464. The molecular formula is C21H31N3O3. The molecule has 1 atom stereocenters. The molecule has 0 bridgehead atoms. The largest absolute Gasteiger partial charge is 0.508 e. The van der Waals surface area contributed by atoms with Gasteiger partial charge < -0.3 is 14.9 Å². The monoisotopic (exact) mass is 373 g/mol. The van der Waals surface area contributed by atoms with Crippen molar-refractivity contribution in [3.05, 3.63) is 29.8 Å². The van der Waals surface area contributed by atoms with E-state index in [0.717, 1.165) is 57.3 Å². The van der Waals surface area contributed by atoms with E-state index in [2.05, 4.69) is 4.90 Å². The molecule has 148 valence electrons. The molecule has 3 rings (SSSR count). The minimum Gasteiger partial charge on any atom is -0.508 e. The molecule has 1 aromatic carbocycles. The van der Waals surface area contributed by atoms with Crippen LogP contribution >= 0.6 is 0 Å². The molecule has 1 N–H and O–H groups in total. The summed E-state index contributed by atoms with van der Waals surface area (Å²) in [4.78, 5) is 30.9. The van der Waals surface area contributed by atoms with Gasteiger partial charge in [-0.25, -0.2) is 0 Å². The Morgan fingerprint density at radius 2 is 1.85 bits per heavy atom. The van der Waals surface area contributed by atoms with Gasteiger partial charge in [0.2, 0.25) is 11.8 Å². The lowest BCUT2D eigenvalue weighted by Crippen LogP contribution is -2.48. The van der Waals surface area contributed by atoms with E-state index >= 15 is 0 Å². The summed E-state index contributed by atoms with van der Waals surface area (Å²) < 4.78 is 0. The van der Waals surface area contributed by atoms with Crippen LogP contribution in [0.4, 0.5) is 0 Å². The van der Waals surface area contributed by atoms with E-state index in [9.17, 15) is 14.7 Å². The molecule has 0 unspecified atom stereocenters. The van der Waals surface area contributed by atoms with Crippen LogP contribution in [0.15, 0.2) is 24.3 Å². The highest BCUT2D eigenvalue weighted by molar-refractivity contribution is 5.79. The molecule has 27 heavy (non-hydrogen) atoms. The first-order chi connectivity index (χ1) is 12.9. The summed E-state index contributed by atoms with van der Waals surface area (Å²) >= 11 is 0. The van der Waals surface area contributed by atoms with Gasteiger partial charge in [0.05, 0.1) is 13.0 Å². The van der Waals surface area contributed by atoms with Crippen molar-refractivity contribution in [3.63, 3.8) is 0 Å². The molecular weight excluding hydrogens is 342 g/mol. The summed E-state index contributed by atoms with van der Waals surface area (Å²) in [6.45, 7) is 2.96. The first-order valence-corrected chi connectivity index (χ1v) is 9.90. The van der Waals surface area contributed by atoms with Crippen LogP contribution in [-0.4, -0.2) is 77.4 Å². The molecule has 1 spiro atoms. The maximum absolute atomic E-state index is 12.8. The van der Waals surface area contributed by atoms with E-state index in [-0.39, 0.29) is 23.1 Å². The second kappa shape index (κ2) is 8.30. The van der Waals surface area contributed by atoms with Gasteiger partial charge in [0, 0.05) is 32.7 Å². The van der Waals surface area contributed by atoms with Crippen LogP contribution in [0.5, 0.6) is 5.75 Å². The Hall–Kier alpha value is -2.08. The number of hydrogen-bond donors (Lipinski definition) is 1. The number of hydrogen-bond acceptors (Lipinski definition) is 4. The van der Waals surface area contributed by atoms with Crippen LogP contribution < -0.4 is 0 Å². The zero-order valence-electron chi connectivity index (χ0n) is 16.5. The number of rotatable bonds is 4. The second-order valence-corrected chi connectivity index (χ2v) is 8.12. The maximum atomic E-state index is 12.8. The van der Waals surface area contributed by atoms with Crippen molar-refractivity contribution in [2.24, 2.45) is 0 Å². The summed E-state index contributed by atoms with van der Waals surface area (Å²) in [5, 5.41) is 9.60. The Bertz CT molecular complexity index is 691. The van der Waals surface area contributed by atoms with Gasteiger partial charge in [0.1, 0.15) is 5.75 Å². The van der Waals surface area contributed by atoms with E-state index in [1.807, 2.05) is 11.0 Å². The van der Waals surface area contributed by atoms with Crippen LogP contribution in [0.2, 0.25) is 0 Å². The van der Waals surface area contributed by atoms with E-state index < -0.39 is 0 Å². The quantitative estimate of drug-likeness (QED) is 0.875. The van der Waals surface area contributed by atoms with Gasteiger partial charge in [-0.05, 0) is 56.3 Å². The lowest BCUT2D eigenvalue weighted by molar-refractivity contribution is -0.132. The highest BCUT2D eigenvalue weighted by Gasteiger charge is 2.42. The number of amides is 2. The van der Waals surface area contributed by atoms with E-state index in [4.69, 9.17) is 0 Å². The van der Waals surface area contributed by atoms with Crippen LogP contribution in [0, 0.1) is 0 Å². The van der Waals surface area contributed by atoms with Crippen molar-refractivity contribution in [1.82, 2.24) is 14.7 Å². The number of phenols is 1. The van der Waals surface area contributed by atoms with Gasteiger partial charge in [0.25, 0.3) is 0 Å². The fourth-order valence-corrected chi connectivity index (χ4v) is 4.49. The van der Waals surface area contributed by atoms with Crippen LogP contribution in [0.25, 0.3) is 0 Å². The number of nitrogens with zero attached hydrogens (tertiary/aromatic N) is 3. The Morgan fingerprint density at radius 1 is 1.11 bits per heavy atom. The molecule has 0 aromatic heterocycles. The normalized spacial score (nSPS) is 23.4. The molecule has 2 amide bonds. The summed E-state index contributed by atoms with van der Waals surface area (Å²) in [5.41, 5.74) is 0.907. The summed E-state index contributed by atoms with van der Waals surface area (Å²) in [6, 6.07) is 6.92. The van der Waals surface area contributed by atoms with Crippen molar-refractivity contribution in [1.29, 1.82) is 0 Å². The lowest BCUT2D eigenvalue weighted by atomic mass is 9.87. The van der Waals surface area contributed by atoms with Crippen molar-refractivity contribution in [2.45, 2.75) is 44.1 Å². The van der Waals surface area contributed by atoms with Gasteiger partial charge in [-0.2, -0.15) is 0 Å². The molecule has 6 heteroatoms. The van der Waals surface area contributed by atoms with Crippen LogP contribution in [-0.2, 0) is 16.0 Å². The lowest BCUT2D eigenvalue weighted by Gasteiger charge is -2.38. The molecule has 1 aromatic rings. The topological polar surface area (TPSA) is 64.1 Å². The highest BCUT2D eigenvalue weighted by Crippen LogP contribution is 2.38. The molecule has 2 saturated heterocycles. The smallest absolute Gasteiger partial charge is 0.236 e. The number of likely N-dealkylation sites (N-methyl/N-ethyl adjacent to an activating group) is 1. The minimum absolute atomic E-state index is 0.0612. The molecule has 0 saturated carbocycles. The van der Waals surface area contributed by atoms with Gasteiger partial charge >= 0.3 is 0 Å². The first kappa shape index (κ1) is 19.7. The molecule has 6 nitrogen and oxygen atoms in total. The predicted molar refractivity (Wildman–Crippen MR) is 104 cm³/mol. The van der Waals surface area contributed by atoms with E-state index in [1.165, 1.54) is 0 Å². The van der Waals surface area contributed by atoms with Crippen molar-refractivity contribution in [2.75, 3.05) is 40.3 Å². The van der Waals surface area contributed by atoms with Crippen LogP contribution in [0.3, 0.4) is 0 Å². The van der Waals surface area contributed by atoms with Crippen LogP contribution in [0.1, 0.15) is 37.7 Å². The van der Waals surface area contributed by atoms with Gasteiger partial charge in [-0.15, -0.1) is 0 Å². The molecule has 0 aliphatic carbocycles. The molecule has 2 heterocycles. The second-order valence-electron chi connectivity index (χ2n) is 8.12. The summed E-state index contributed by atoms with van der Waals surface area (Å²) in [6.07, 6.45) is 5.51. The van der Waals surface area contributed by atoms with E-state index in [1.54, 1.807) is 37.2 Å². The number of phenolic OH excluding ortho intramolecular Hbond substituents is 1. The highest BCUT2D eigenvalue weighted by atomic mass is 16.3. The van der Waals surface area contributed by atoms with Crippen molar-refractivity contribution >= 4 is 11.8 Å². The Labute approximate surface area is 161 Å². The number of benzene rings is 1. The number of carbonyl (C=O) groups is 2. The third kappa shape index (κ3) is 4.61. The fourth-order valence-electron chi connectivity index (χ4n) is 4.49. The standard InChI is InChI=1S/C21H31N3O3/c1-22(2)20(27)16-24-12-5-9-21(24)8-4-11-23(13-10-21)19(26)15-17-6-3-7-18(25)14-17/h3,6-7,14,25H,4-5,8-13,15-16H2,1-2H3/t21-/m0/s1.